The summed E-state index contributed by atoms with van der Waals surface area (Å²) in [5.41, 5.74) is -0.206. The zero-order valence-electron chi connectivity index (χ0n) is 11.4. The first kappa shape index (κ1) is 15.0. The molecule has 1 aromatic carbocycles. The van der Waals surface area contributed by atoms with Gasteiger partial charge in [-0.3, -0.25) is 10.1 Å². The molecule has 8 heteroatoms. The van der Waals surface area contributed by atoms with Gasteiger partial charge in [-0.05, 0) is 25.0 Å². The van der Waals surface area contributed by atoms with E-state index < -0.39 is 17.0 Å². The molecule has 0 saturated carbocycles. The van der Waals surface area contributed by atoms with Crippen LogP contribution >= 0.6 is 0 Å². The minimum absolute atomic E-state index is 0.0664. The van der Waals surface area contributed by atoms with Gasteiger partial charge in [0.1, 0.15) is 12.4 Å². The van der Waals surface area contributed by atoms with Gasteiger partial charge in [-0.1, -0.05) is 0 Å². The largest absolute Gasteiger partial charge is 0.496 e. The molecule has 1 aromatic rings. The molecule has 114 valence electrons. The Hall–Kier alpha value is -2.35. The van der Waals surface area contributed by atoms with Crippen molar-refractivity contribution in [2.75, 3.05) is 13.7 Å². The Bertz CT molecular complexity index is 545. The number of carboxylic acid groups (broad SMARTS) is 1. The molecular formula is C13H15NO7. The Morgan fingerprint density at radius 2 is 2.29 bits per heavy atom. The highest BCUT2D eigenvalue weighted by atomic mass is 16.6. The van der Waals surface area contributed by atoms with Gasteiger partial charge in [0.2, 0.25) is 0 Å². The molecule has 2 unspecified atom stereocenters. The molecule has 0 spiro atoms. The van der Waals surface area contributed by atoms with Crippen molar-refractivity contribution >= 4 is 11.7 Å². The summed E-state index contributed by atoms with van der Waals surface area (Å²) in [5, 5.41) is 19.8. The smallest absolute Gasteiger partial charge is 0.332 e. The van der Waals surface area contributed by atoms with Crippen LogP contribution in [-0.4, -0.2) is 41.9 Å². The number of hydrogen-bond donors (Lipinski definition) is 1. The SMILES string of the molecule is COc1ccc(OCC2CCC(C(=O)O)O2)c([N+](=O)[O-])c1. The minimum Gasteiger partial charge on any atom is -0.496 e. The molecule has 1 aliphatic heterocycles. The van der Waals surface area contributed by atoms with Crippen LogP contribution in [0, 0.1) is 10.1 Å². The normalized spacial score (nSPS) is 21.0. The fourth-order valence-electron chi connectivity index (χ4n) is 2.08. The van der Waals surface area contributed by atoms with E-state index in [9.17, 15) is 14.9 Å². The molecule has 0 aliphatic carbocycles. The maximum atomic E-state index is 11.0. The molecule has 1 heterocycles. The van der Waals surface area contributed by atoms with Gasteiger partial charge in [-0.25, -0.2) is 4.79 Å². The Morgan fingerprint density at radius 1 is 1.52 bits per heavy atom. The Balaban J connectivity index is 2.00. The molecule has 21 heavy (non-hydrogen) atoms. The maximum Gasteiger partial charge on any atom is 0.332 e. The number of nitro benzene ring substituents is 1. The summed E-state index contributed by atoms with van der Waals surface area (Å²) in [6, 6.07) is 4.27. The van der Waals surface area contributed by atoms with E-state index in [1.807, 2.05) is 0 Å². The second kappa shape index (κ2) is 6.40. The predicted octanol–water partition coefficient (Wildman–Crippen LogP) is 1.61. The van der Waals surface area contributed by atoms with E-state index in [1.165, 1.54) is 19.2 Å². The summed E-state index contributed by atoms with van der Waals surface area (Å²) in [4.78, 5) is 21.2. The van der Waals surface area contributed by atoms with Crippen molar-refractivity contribution in [3.63, 3.8) is 0 Å². The van der Waals surface area contributed by atoms with Gasteiger partial charge in [-0.15, -0.1) is 0 Å². The third-order valence-corrected chi connectivity index (χ3v) is 3.17. The number of aliphatic carboxylic acids is 1. The highest BCUT2D eigenvalue weighted by Crippen LogP contribution is 2.31. The topological polar surface area (TPSA) is 108 Å². The van der Waals surface area contributed by atoms with Crippen LogP contribution in [0.4, 0.5) is 5.69 Å². The van der Waals surface area contributed by atoms with Crippen molar-refractivity contribution in [2.24, 2.45) is 0 Å². The number of nitro groups is 1. The summed E-state index contributed by atoms with van der Waals surface area (Å²) < 4.78 is 15.6. The molecule has 2 rings (SSSR count). The number of nitrogens with zero attached hydrogens (tertiary/aromatic N) is 1. The van der Waals surface area contributed by atoms with E-state index in [1.54, 1.807) is 6.07 Å². The fraction of sp³-hybridized carbons (Fsp3) is 0.462. The van der Waals surface area contributed by atoms with E-state index >= 15 is 0 Å². The van der Waals surface area contributed by atoms with Gasteiger partial charge in [0.05, 0.1) is 24.2 Å². The number of methoxy groups -OCH3 is 1. The van der Waals surface area contributed by atoms with Crippen molar-refractivity contribution < 1.29 is 29.0 Å². The van der Waals surface area contributed by atoms with Gasteiger partial charge in [0.25, 0.3) is 0 Å². The molecule has 2 atom stereocenters. The van der Waals surface area contributed by atoms with E-state index in [0.717, 1.165) is 0 Å². The van der Waals surface area contributed by atoms with Crippen LogP contribution in [0.15, 0.2) is 18.2 Å². The third kappa shape index (κ3) is 3.60. The molecule has 0 bridgehead atoms. The molecule has 1 aliphatic rings. The van der Waals surface area contributed by atoms with Crippen LogP contribution in [0.25, 0.3) is 0 Å². The molecule has 0 amide bonds. The van der Waals surface area contributed by atoms with Gasteiger partial charge in [-0.2, -0.15) is 0 Å². The summed E-state index contributed by atoms with van der Waals surface area (Å²) in [5.74, 6) is -0.548. The lowest BCUT2D eigenvalue weighted by atomic mass is 10.2. The standard InChI is InChI=1S/C13H15NO7/c1-19-8-2-4-11(10(6-8)14(17)18)20-7-9-3-5-12(21-9)13(15)16/h2,4,6,9,12H,3,5,7H2,1H3,(H,15,16). The molecular weight excluding hydrogens is 282 g/mol. The number of benzene rings is 1. The number of carboxylic acids is 1. The summed E-state index contributed by atoms with van der Waals surface area (Å²) in [6.45, 7) is 0.0664. The lowest BCUT2D eigenvalue weighted by molar-refractivity contribution is -0.386. The second-order valence-corrected chi connectivity index (χ2v) is 4.56. The van der Waals surface area contributed by atoms with Crippen LogP contribution < -0.4 is 9.47 Å². The molecule has 1 fully saturated rings. The van der Waals surface area contributed by atoms with E-state index in [0.29, 0.717) is 18.6 Å². The zero-order chi connectivity index (χ0) is 15.4. The van der Waals surface area contributed by atoms with E-state index in [2.05, 4.69) is 0 Å². The quantitative estimate of drug-likeness (QED) is 0.627. The third-order valence-electron chi connectivity index (χ3n) is 3.17. The minimum atomic E-state index is -1.01. The van der Waals surface area contributed by atoms with Crippen LogP contribution in [0.5, 0.6) is 11.5 Å². The zero-order valence-corrected chi connectivity index (χ0v) is 11.4. The molecule has 1 N–H and O–H groups in total. The molecule has 1 saturated heterocycles. The van der Waals surface area contributed by atoms with Gasteiger partial charge in [0, 0.05) is 0 Å². The summed E-state index contributed by atoms with van der Waals surface area (Å²) >= 11 is 0. The number of carbonyl (C=O) groups is 1. The molecule has 0 radical (unpaired) electrons. The molecule has 0 aromatic heterocycles. The van der Waals surface area contributed by atoms with Crippen molar-refractivity contribution in [1.29, 1.82) is 0 Å². The first-order chi connectivity index (χ1) is 10.0. The number of rotatable bonds is 6. The van der Waals surface area contributed by atoms with Crippen molar-refractivity contribution in [3.05, 3.63) is 28.3 Å². The Morgan fingerprint density at radius 3 is 2.86 bits per heavy atom. The number of hydrogen-bond acceptors (Lipinski definition) is 6. The van der Waals surface area contributed by atoms with Crippen LogP contribution in [0.2, 0.25) is 0 Å². The molecule has 8 nitrogen and oxygen atoms in total. The average molecular weight is 297 g/mol. The fourth-order valence-corrected chi connectivity index (χ4v) is 2.08. The van der Waals surface area contributed by atoms with Crippen LogP contribution in [0.1, 0.15) is 12.8 Å². The van der Waals surface area contributed by atoms with Crippen molar-refractivity contribution in [3.8, 4) is 11.5 Å². The lowest BCUT2D eigenvalue weighted by Gasteiger charge is -2.13. The monoisotopic (exact) mass is 297 g/mol. The van der Waals surface area contributed by atoms with Crippen molar-refractivity contribution in [1.82, 2.24) is 0 Å². The highest BCUT2D eigenvalue weighted by Gasteiger charge is 2.31. The summed E-state index contributed by atoms with van der Waals surface area (Å²) in [6.07, 6.45) is -0.258. The van der Waals surface area contributed by atoms with Crippen molar-refractivity contribution in [2.45, 2.75) is 25.0 Å². The Kier molecular flexibility index (Phi) is 4.59. The average Bonchev–Trinajstić information content (AvgIpc) is 2.94. The highest BCUT2D eigenvalue weighted by molar-refractivity contribution is 5.72. The van der Waals surface area contributed by atoms with E-state index in [4.69, 9.17) is 19.3 Å². The number of ether oxygens (including phenoxy) is 3. The first-order valence-electron chi connectivity index (χ1n) is 6.34. The maximum absolute atomic E-state index is 11.0. The summed E-state index contributed by atoms with van der Waals surface area (Å²) in [7, 11) is 1.41. The van der Waals surface area contributed by atoms with Gasteiger partial charge >= 0.3 is 11.7 Å². The van der Waals surface area contributed by atoms with E-state index in [-0.39, 0.29) is 24.1 Å². The van der Waals surface area contributed by atoms with Gasteiger partial charge < -0.3 is 19.3 Å². The lowest BCUT2D eigenvalue weighted by Crippen LogP contribution is -2.23. The van der Waals surface area contributed by atoms with Crippen LogP contribution in [0.3, 0.4) is 0 Å². The Labute approximate surface area is 120 Å². The van der Waals surface area contributed by atoms with Gasteiger partial charge in [0.15, 0.2) is 11.9 Å². The first-order valence-corrected chi connectivity index (χ1v) is 6.34. The second-order valence-electron chi connectivity index (χ2n) is 4.56. The van der Waals surface area contributed by atoms with Crippen LogP contribution in [-0.2, 0) is 9.53 Å². The predicted molar refractivity (Wildman–Crippen MR) is 70.7 cm³/mol.